The Bertz CT molecular complexity index is 1020. The van der Waals surface area contributed by atoms with Gasteiger partial charge in [0.15, 0.2) is 17.4 Å². The van der Waals surface area contributed by atoms with Crippen LogP contribution in [0.4, 0.5) is 5.69 Å². The summed E-state index contributed by atoms with van der Waals surface area (Å²) in [6.45, 7) is 5.63. The Morgan fingerprint density at radius 3 is 2.93 bits per heavy atom. The van der Waals surface area contributed by atoms with E-state index in [9.17, 15) is 0 Å². The molecule has 30 heavy (non-hydrogen) atoms. The van der Waals surface area contributed by atoms with Crippen LogP contribution in [0.25, 0.3) is 5.65 Å². The summed E-state index contributed by atoms with van der Waals surface area (Å²) < 4.78 is 1.97. The fourth-order valence-electron chi connectivity index (χ4n) is 3.78. The van der Waals surface area contributed by atoms with E-state index >= 15 is 0 Å². The number of aryl methyl sites for hydroxylation is 1. The summed E-state index contributed by atoms with van der Waals surface area (Å²) in [5.41, 5.74) is 3.34. The normalized spacial score (nSPS) is 16.6. The highest BCUT2D eigenvalue weighted by Gasteiger charge is 2.24. The van der Waals surface area contributed by atoms with E-state index in [-0.39, 0.29) is 24.0 Å². The first-order chi connectivity index (χ1) is 14.1. The molecule has 1 aliphatic rings. The van der Waals surface area contributed by atoms with Crippen LogP contribution in [-0.2, 0) is 6.54 Å². The van der Waals surface area contributed by atoms with Crippen molar-refractivity contribution in [1.82, 2.24) is 25.2 Å². The van der Waals surface area contributed by atoms with Crippen LogP contribution >= 0.6 is 35.6 Å². The third kappa shape index (κ3) is 5.15. The third-order valence-electron chi connectivity index (χ3n) is 5.38. The molecular weight excluding hydrogens is 513 g/mol. The molecule has 0 aliphatic carbocycles. The van der Waals surface area contributed by atoms with E-state index in [1.165, 1.54) is 11.3 Å². The molecule has 0 bridgehead atoms. The second-order valence-electron chi connectivity index (χ2n) is 7.38. The molecule has 1 fully saturated rings. The maximum Gasteiger partial charge on any atom is 0.191 e. The van der Waals surface area contributed by atoms with Gasteiger partial charge in [0.25, 0.3) is 0 Å². The third-order valence-corrected chi connectivity index (χ3v) is 5.61. The highest BCUT2D eigenvalue weighted by Crippen LogP contribution is 2.29. The molecule has 0 radical (unpaired) electrons. The van der Waals surface area contributed by atoms with Gasteiger partial charge < -0.3 is 15.5 Å². The molecule has 0 amide bonds. The van der Waals surface area contributed by atoms with Crippen molar-refractivity contribution >= 4 is 52.9 Å². The van der Waals surface area contributed by atoms with Gasteiger partial charge in [0, 0.05) is 43.6 Å². The summed E-state index contributed by atoms with van der Waals surface area (Å²) in [6.07, 6.45) is 3.11. The van der Waals surface area contributed by atoms with Crippen molar-refractivity contribution in [1.29, 1.82) is 0 Å². The number of anilines is 1. The Kier molecular flexibility index (Phi) is 7.76. The lowest BCUT2D eigenvalue weighted by molar-refractivity contribution is 0.565. The van der Waals surface area contributed by atoms with E-state index in [1.54, 1.807) is 7.05 Å². The number of hydrogen-bond acceptors (Lipinski definition) is 4. The summed E-state index contributed by atoms with van der Waals surface area (Å²) in [4.78, 5) is 6.76. The zero-order valence-electron chi connectivity index (χ0n) is 17.2. The monoisotopic (exact) mass is 539 g/mol. The first-order valence-electron chi connectivity index (χ1n) is 9.88. The van der Waals surface area contributed by atoms with E-state index < -0.39 is 0 Å². The molecule has 9 heteroatoms. The molecule has 160 valence electrons. The maximum atomic E-state index is 6.19. The van der Waals surface area contributed by atoms with Crippen molar-refractivity contribution in [3.05, 3.63) is 59.0 Å². The van der Waals surface area contributed by atoms with Gasteiger partial charge in [0.1, 0.15) is 0 Å². The highest BCUT2D eigenvalue weighted by molar-refractivity contribution is 14.0. The molecule has 4 rings (SSSR count). The number of rotatable bonds is 5. The predicted molar refractivity (Wildman–Crippen MR) is 133 cm³/mol. The number of hydrogen-bond donors (Lipinski definition) is 2. The Morgan fingerprint density at radius 1 is 1.23 bits per heavy atom. The van der Waals surface area contributed by atoms with Crippen LogP contribution in [-0.4, -0.2) is 47.2 Å². The number of nitrogens with zero attached hydrogens (tertiary/aromatic N) is 5. The van der Waals surface area contributed by atoms with Crippen molar-refractivity contribution in [2.24, 2.45) is 10.9 Å². The minimum atomic E-state index is 0. The summed E-state index contributed by atoms with van der Waals surface area (Å²) in [6, 6.07) is 12.0. The van der Waals surface area contributed by atoms with Crippen LogP contribution in [0.15, 0.2) is 47.6 Å². The number of fused-ring (bicyclic) bond motifs is 1. The molecule has 0 saturated carbocycles. The Labute approximate surface area is 198 Å². The van der Waals surface area contributed by atoms with Crippen LogP contribution in [0, 0.1) is 12.8 Å². The van der Waals surface area contributed by atoms with Gasteiger partial charge in [-0.1, -0.05) is 23.7 Å². The van der Waals surface area contributed by atoms with Gasteiger partial charge in [0.2, 0.25) is 0 Å². The molecule has 1 aliphatic heterocycles. The summed E-state index contributed by atoms with van der Waals surface area (Å²) in [5.74, 6) is 2.18. The molecule has 1 saturated heterocycles. The summed E-state index contributed by atoms with van der Waals surface area (Å²) >= 11 is 6.19. The van der Waals surface area contributed by atoms with Gasteiger partial charge in [-0.3, -0.25) is 9.39 Å². The molecule has 7 nitrogen and oxygen atoms in total. The number of guanidine groups is 1. The SMILES string of the molecule is CN=C(NCc1nnc2ccccn12)NCC1CCN(c2cc(Cl)ccc2C)C1.I. The van der Waals surface area contributed by atoms with E-state index in [0.29, 0.717) is 12.5 Å². The van der Waals surface area contributed by atoms with Crippen LogP contribution in [0.5, 0.6) is 0 Å². The summed E-state index contributed by atoms with van der Waals surface area (Å²) in [7, 11) is 1.79. The molecular formula is C21H27ClIN7. The minimum absolute atomic E-state index is 0. The number of aliphatic imine (C=N–C) groups is 1. The Hall–Kier alpha value is -2.07. The lowest BCUT2D eigenvalue weighted by Crippen LogP contribution is -2.40. The molecule has 3 aromatic rings. The lowest BCUT2D eigenvalue weighted by Gasteiger charge is -2.21. The average Bonchev–Trinajstić information content (AvgIpc) is 3.37. The molecule has 0 spiro atoms. The van der Waals surface area contributed by atoms with Gasteiger partial charge in [-0.25, -0.2) is 0 Å². The van der Waals surface area contributed by atoms with Crippen molar-refractivity contribution < 1.29 is 0 Å². The van der Waals surface area contributed by atoms with Crippen LogP contribution in [0.2, 0.25) is 5.02 Å². The van der Waals surface area contributed by atoms with Gasteiger partial charge >= 0.3 is 0 Å². The summed E-state index contributed by atoms with van der Waals surface area (Å²) in [5, 5.41) is 16.0. The second kappa shape index (κ2) is 10.3. The van der Waals surface area contributed by atoms with Gasteiger partial charge in [-0.05, 0) is 49.1 Å². The van der Waals surface area contributed by atoms with Gasteiger partial charge in [-0.2, -0.15) is 0 Å². The first-order valence-corrected chi connectivity index (χ1v) is 10.3. The zero-order chi connectivity index (χ0) is 20.2. The zero-order valence-corrected chi connectivity index (χ0v) is 20.3. The fourth-order valence-corrected chi connectivity index (χ4v) is 3.94. The lowest BCUT2D eigenvalue weighted by atomic mass is 10.1. The largest absolute Gasteiger partial charge is 0.371 e. The standard InChI is InChI=1S/C21H26ClN7.HI/c1-15-6-7-17(22)11-18(15)28-10-8-16(14-28)12-24-21(23-2)25-13-20-27-26-19-5-3-4-9-29(19)20;/h3-7,9,11,16H,8,10,12-14H2,1-2H3,(H2,23,24,25);1H. The smallest absolute Gasteiger partial charge is 0.191 e. The highest BCUT2D eigenvalue weighted by atomic mass is 127. The van der Waals surface area contributed by atoms with E-state index in [2.05, 4.69) is 49.8 Å². The predicted octanol–water partition coefficient (Wildman–Crippen LogP) is 3.50. The van der Waals surface area contributed by atoms with Crippen molar-refractivity contribution in [3.8, 4) is 0 Å². The Balaban J connectivity index is 0.00000256. The maximum absolute atomic E-state index is 6.19. The van der Waals surface area contributed by atoms with E-state index in [4.69, 9.17) is 11.6 Å². The van der Waals surface area contributed by atoms with E-state index in [1.807, 2.05) is 34.9 Å². The Morgan fingerprint density at radius 2 is 2.10 bits per heavy atom. The van der Waals surface area contributed by atoms with Crippen molar-refractivity contribution in [2.45, 2.75) is 19.9 Å². The number of pyridine rings is 1. The molecule has 3 heterocycles. The number of benzene rings is 1. The minimum Gasteiger partial charge on any atom is -0.371 e. The first kappa shape index (κ1) is 22.6. The van der Waals surface area contributed by atoms with Crippen LogP contribution < -0.4 is 15.5 Å². The number of nitrogens with one attached hydrogen (secondary N) is 2. The molecule has 2 aromatic heterocycles. The molecule has 1 atom stereocenters. The second-order valence-corrected chi connectivity index (χ2v) is 7.82. The van der Waals surface area contributed by atoms with Crippen molar-refractivity contribution in [3.63, 3.8) is 0 Å². The van der Waals surface area contributed by atoms with Gasteiger partial charge in [-0.15, -0.1) is 34.2 Å². The number of aromatic nitrogens is 3. The average molecular weight is 540 g/mol. The molecule has 2 N–H and O–H groups in total. The van der Waals surface area contributed by atoms with Gasteiger partial charge in [0.05, 0.1) is 6.54 Å². The number of halogens is 2. The van der Waals surface area contributed by atoms with Crippen LogP contribution in [0.1, 0.15) is 17.8 Å². The van der Waals surface area contributed by atoms with E-state index in [0.717, 1.165) is 48.5 Å². The fraction of sp³-hybridized carbons (Fsp3) is 0.381. The molecule has 1 aromatic carbocycles. The van der Waals surface area contributed by atoms with Crippen molar-refractivity contribution in [2.75, 3.05) is 31.6 Å². The topological polar surface area (TPSA) is 69.8 Å². The quantitative estimate of drug-likeness (QED) is 0.295. The molecule has 1 unspecified atom stereocenters. The van der Waals surface area contributed by atoms with Crippen LogP contribution in [0.3, 0.4) is 0 Å².